The first kappa shape index (κ1) is 14.5. The Morgan fingerprint density at radius 1 is 1.48 bits per heavy atom. The summed E-state index contributed by atoms with van der Waals surface area (Å²) in [6.45, 7) is 1.93. The van der Waals surface area contributed by atoms with Crippen LogP contribution in [0.2, 0.25) is 0 Å². The predicted octanol–water partition coefficient (Wildman–Crippen LogP) is 1.86. The number of rotatable bonds is 5. The van der Waals surface area contributed by atoms with E-state index in [1.165, 1.54) is 25.2 Å². The molecule has 0 aliphatic heterocycles. The highest BCUT2D eigenvalue weighted by Crippen LogP contribution is 2.27. The zero-order valence-electron chi connectivity index (χ0n) is 11.5. The molecule has 0 aliphatic carbocycles. The summed E-state index contributed by atoms with van der Waals surface area (Å²) in [4.78, 5) is 22.6. The third-order valence-electron chi connectivity index (χ3n) is 2.84. The van der Waals surface area contributed by atoms with Crippen molar-refractivity contribution in [1.82, 2.24) is 10.5 Å². The molecule has 0 aliphatic rings. The van der Waals surface area contributed by atoms with E-state index in [1.807, 2.05) is 0 Å². The first-order chi connectivity index (χ1) is 10.0. The molecule has 1 aromatic carbocycles. The van der Waals surface area contributed by atoms with E-state index in [9.17, 15) is 14.9 Å². The fourth-order valence-corrected chi connectivity index (χ4v) is 1.91. The van der Waals surface area contributed by atoms with Gasteiger partial charge in [0.15, 0.2) is 0 Å². The number of hydrogen-bond acceptors (Lipinski definition) is 6. The summed E-state index contributed by atoms with van der Waals surface area (Å²) in [5, 5.41) is 20.0. The summed E-state index contributed by atoms with van der Waals surface area (Å²) in [5.74, 6) is 0.217. The van der Waals surface area contributed by atoms with Crippen molar-refractivity contribution in [3.63, 3.8) is 0 Å². The second-order valence-electron chi connectivity index (χ2n) is 4.32. The molecule has 2 aromatic rings. The highest BCUT2D eigenvalue weighted by Gasteiger charge is 2.20. The molecule has 0 spiro atoms. The zero-order chi connectivity index (χ0) is 15.4. The summed E-state index contributed by atoms with van der Waals surface area (Å²) in [5.41, 5.74) is 0.808. The Labute approximate surface area is 120 Å². The highest BCUT2D eigenvalue weighted by molar-refractivity contribution is 6.01. The van der Waals surface area contributed by atoms with Gasteiger partial charge >= 0.3 is 0 Å². The van der Waals surface area contributed by atoms with E-state index in [0.717, 1.165) is 0 Å². The summed E-state index contributed by atoms with van der Waals surface area (Å²) in [7, 11) is 1.53. The third kappa shape index (κ3) is 3.16. The summed E-state index contributed by atoms with van der Waals surface area (Å²) in [6.07, 6.45) is 0. The molecule has 2 N–H and O–H groups in total. The van der Waals surface area contributed by atoms with Gasteiger partial charge in [-0.15, -0.1) is 0 Å². The number of nitrogens with one attached hydrogen (secondary N) is 2. The number of para-hydroxylation sites is 1. The Bertz CT molecular complexity index is 681. The lowest BCUT2D eigenvalue weighted by atomic mass is 10.1. The standard InChI is InChI=1S/C13H14N4O4/c1-8-6-9(16-21-8)7-15-13(18)10-4-3-5-11(17(19)20)12(10)14-2/h3-6,14H,7H2,1-2H3,(H,15,18). The van der Waals surface area contributed by atoms with Gasteiger partial charge in [0.2, 0.25) is 0 Å². The predicted molar refractivity (Wildman–Crippen MR) is 75.1 cm³/mol. The van der Waals surface area contributed by atoms with Crippen LogP contribution in [0, 0.1) is 17.0 Å². The monoisotopic (exact) mass is 290 g/mol. The lowest BCUT2D eigenvalue weighted by Crippen LogP contribution is -2.24. The number of nitro groups is 1. The Hall–Kier alpha value is -2.90. The van der Waals surface area contributed by atoms with Crippen molar-refractivity contribution in [2.24, 2.45) is 0 Å². The number of carbonyl (C=O) groups is 1. The zero-order valence-corrected chi connectivity index (χ0v) is 11.5. The van der Waals surface area contributed by atoms with Crippen LogP contribution in [0.5, 0.6) is 0 Å². The number of carbonyl (C=O) groups excluding carboxylic acids is 1. The molecular weight excluding hydrogens is 276 g/mol. The van der Waals surface area contributed by atoms with Crippen LogP contribution >= 0.6 is 0 Å². The van der Waals surface area contributed by atoms with Crippen molar-refractivity contribution in [2.75, 3.05) is 12.4 Å². The summed E-state index contributed by atoms with van der Waals surface area (Å²) in [6, 6.07) is 6.02. The molecule has 0 radical (unpaired) electrons. The van der Waals surface area contributed by atoms with Crippen LogP contribution in [-0.2, 0) is 6.54 Å². The van der Waals surface area contributed by atoms with Crippen molar-refractivity contribution in [3.05, 3.63) is 51.4 Å². The molecule has 1 heterocycles. The summed E-state index contributed by atoms with van der Waals surface area (Å²) < 4.78 is 4.90. The molecule has 1 aromatic heterocycles. The topological polar surface area (TPSA) is 110 Å². The van der Waals surface area contributed by atoms with Gasteiger partial charge in [-0.1, -0.05) is 11.2 Å². The minimum atomic E-state index is -0.538. The molecule has 0 bridgehead atoms. The SMILES string of the molecule is CNc1c(C(=O)NCc2cc(C)on2)cccc1[N+](=O)[O-]. The van der Waals surface area contributed by atoms with Gasteiger partial charge in [-0.2, -0.15) is 0 Å². The van der Waals surface area contributed by atoms with Crippen LogP contribution in [0.15, 0.2) is 28.8 Å². The van der Waals surface area contributed by atoms with E-state index < -0.39 is 10.8 Å². The molecule has 1 amide bonds. The van der Waals surface area contributed by atoms with E-state index in [-0.39, 0.29) is 23.5 Å². The van der Waals surface area contributed by atoms with Gasteiger partial charge in [0.25, 0.3) is 11.6 Å². The van der Waals surface area contributed by atoms with Gasteiger partial charge in [0.1, 0.15) is 17.1 Å². The maximum atomic E-state index is 12.1. The Morgan fingerprint density at radius 3 is 2.81 bits per heavy atom. The van der Waals surface area contributed by atoms with Gasteiger partial charge in [-0.05, 0) is 13.0 Å². The Balaban J connectivity index is 2.19. The third-order valence-corrected chi connectivity index (χ3v) is 2.84. The van der Waals surface area contributed by atoms with Gasteiger partial charge < -0.3 is 15.2 Å². The van der Waals surface area contributed by atoms with E-state index in [0.29, 0.717) is 11.5 Å². The number of aryl methyl sites for hydroxylation is 1. The molecular formula is C13H14N4O4. The fraction of sp³-hybridized carbons (Fsp3) is 0.231. The Morgan fingerprint density at radius 2 is 2.24 bits per heavy atom. The van der Waals surface area contributed by atoms with Gasteiger partial charge in [0, 0.05) is 19.2 Å². The number of benzene rings is 1. The molecule has 21 heavy (non-hydrogen) atoms. The van der Waals surface area contributed by atoms with E-state index in [2.05, 4.69) is 15.8 Å². The van der Waals surface area contributed by atoms with Gasteiger partial charge in [0.05, 0.1) is 17.0 Å². The van der Waals surface area contributed by atoms with Gasteiger partial charge in [-0.3, -0.25) is 14.9 Å². The van der Waals surface area contributed by atoms with Crippen LogP contribution in [0.3, 0.4) is 0 Å². The minimum Gasteiger partial charge on any atom is -0.382 e. The average Bonchev–Trinajstić information content (AvgIpc) is 2.89. The largest absolute Gasteiger partial charge is 0.382 e. The smallest absolute Gasteiger partial charge is 0.293 e. The molecule has 0 fully saturated rings. The lowest BCUT2D eigenvalue weighted by Gasteiger charge is -2.09. The highest BCUT2D eigenvalue weighted by atomic mass is 16.6. The number of anilines is 1. The lowest BCUT2D eigenvalue weighted by molar-refractivity contribution is -0.384. The van der Waals surface area contributed by atoms with Crippen LogP contribution in [0.25, 0.3) is 0 Å². The van der Waals surface area contributed by atoms with Crippen molar-refractivity contribution < 1.29 is 14.2 Å². The van der Waals surface area contributed by atoms with Crippen molar-refractivity contribution in [3.8, 4) is 0 Å². The normalized spacial score (nSPS) is 10.2. The molecule has 8 heteroatoms. The molecule has 8 nitrogen and oxygen atoms in total. The number of aromatic nitrogens is 1. The molecule has 0 saturated carbocycles. The summed E-state index contributed by atoms with van der Waals surface area (Å²) >= 11 is 0. The fourth-order valence-electron chi connectivity index (χ4n) is 1.91. The van der Waals surface area contributed by atoms with Crippen molar-refractivity contribution in [1.29, 1.82) is 0 Å². The van der Waals surface area contributed by atoms with Crippen molar-refractivity contribution >= 4 is 17.3 Å². The van der Waals surface area contributed by atoms with Crippen LogP contribution in [-0.4, -0.2) is 23.0 Å². The van der Waals surface area contributed by atoms with E-state index >= 15 is 0 Å². The van der Waals surface area contributed by atoms with Crippen LogP contribution in [0.1, 0.15) is 21.8 Å². The quantitative estimate of drug-likeness (QED) is 0.642. The Kier molecular flexibility index (Phi) is 4.17. The number of nitrogens with zero attached hydrogens (tertiary/aromatic N) is 2. The molecule has 110 valence electrons. The second-order valence-corrected chi connectivity index (χ2v) is 4.32. The van der Waals surface area contributed by atoms with Crippen LogP contribution in [0.4, 0.5) is 11.4 Å². The van der Waals surface area contributed by atoms with Gasteiger partial charge in [-0.25, -0.2) is 0 Å². The maximum Gasteiger partial charge on any atom is 0.293 e. The van der Waals surface area contributed by atoms with E-state index in [4.69, 9.17) is 4.52 Å². The molecule has 0 unspecified atom stereocenters. The first-order valence-electron chi connectivity index (χ1n) is 6.18. The number of nitro benzene ring substituents is 1. The molecule has 2 rings (SSSR count). The average molecular weight is 290 g/mol. The maximum absolute atomic E-state index is 12.1. The molecule has 0 atom stereocenters. The first-order valence-corrected chi connectivity index (χ1v) is 6.18. The van der Waals surface area contributed by atoms with E-state index in [1.54, 1.807) is 13.0 Å². The second kappa shape index (κ2) is 6.04. The van der Waals surface area contributed by atoms with Crippen molar-refractivity contribution in [2.45, 2.75) is 13.5 Å². The number of amides is 1. The molecule has 0 saturated heterocycles. The van der Waals surface area contributed by atoms with Crippen LogP contribution < -0.4 is 10.6 Å². The minimum absolute atomic E-state index is 0.151. The number of hydrogen-bond donors (Lipinski definition) is 2.